The zero-order valence-corrected chi connectivity index (χ0v) is 17.3. The Hall–Kier alpha value is -3.20. The van der Waals surface area contributed by atoms with E-state index in [1.54, 1.807) is 4.52 Å². The highest BCUT2D eigenvalue weighted by molar-refractivity contribution is 5.97. The Bertz CT molecular complexity index is 1010. The Labute approximate surface area is 175 Å². The Balaban J connectivity index is 1.43. The number of aryl methyl sites for hydroxylation is 1. The van der Waals surface area contributed by atoms with Gasteiger partial charge in [0.15, 0.2) is 0 Å². The van der Waals surface area contributed by atoms with Crippen LogP contribution in [0.15, 0.2) is 36.7 Å². The van der Waals surface area contributed by atoms with Gasteiger partial charge in [-0.25, -0.2) is 4.98 Å². The van der Waals surface area contributed by atoms with Crippen molar-refractivity contribution in [3.05, 3.63) is 47.9 Å². The van der Waals surface area contributed by atoms with Crippen molar-refractivity contribution < 1.29 is 14.3 Å². The molecular weight excluding hydrogens is 384 g/mol. The van der Waals surface area contributed by atoms with Crippen LogP contribution in [-0.2, 0) is 4.74 Å². The molecule has 4 rings (SSSR count). The highest BCUT2D eigenvalue weighted by Gasteiger charge is 2.25. The lowest BCUT2D eigenvalue weighted by Crippen LogP contribution is -2.49. The highest BCUT2D eigenvalue weighted by atomic mass is 16.5. The molecule has 1 amide bonds. The van der Waals surface area contributed by atoms with E-state index in [-0.39, 0.29) is 5.91 Å². The summed E-state index contributed by atoms with van der Waals surface area (Å²) in [6.45, 7) is 8.09. The van der Waals surface area contributed by atoms with Gasteiger partial charge in [-0.1, -0.05) is 12.1 Å². The van der Waals surface area contributed by atoms with Crippen LogP contribution in [0, 0.1) is 6.92 Å². The minimum Gasteiger partial charge on any atom is -0.490 e. The molecule has 0 spiro atoms. The summed E-state index contributed by atoms with van der Waals surface area (Å²) in [5.74, 6) is 2.11. The first-order valence-corrected chi connectivity index (χ1v) is 10.2. The fourth-order valence-electron chi connectivity index (χ4n) is 3.57. The third-order valence-electron chi connectivity index (χ3n) is 5.06. The predicted molar refractivity (Wildman–Crippen MR) is 112 cm³/mol. The van der Waals surface area contributed by atoms with Crippen molar-refractivity contribution in [1.82, 2.24) is 24.5 Å². The summed E-state index contributed by atoms with van der Waals surface area (Å²) in [4.78, 5) is 25.8. The number of para-hydroxylation sites is 1. The summed E-state index contributed by atoms with van der Waals surface area (Å²) in [6.07, 6.45) is 1.51. The number of fused-ring (bicyclic) bond motifs is 1. The first-order valence-electron chi connectivity index (χ1n) is 10.2. The van der Waals surface area contributed by atoms with Crippen molar-refractivity contribution in [2.24, 2.45) is 0 Å². The monoisotopic (exact) mass is 410 g/mol. The van der Waals surface area contributed by atoms with Gasteiger partial charge in [-0.05, 0) is 26.0 Å². The Kier molecular flexibility index (Phi) is 6.08. The zero-order valence-electron chi connectivity index (χ0n) is 17.3. The molecule has 30 heavy (non-hydrogen) atoms. The molecule has 0 aliphatic carbocycles. The third-order valence-corrected chi connectivity index (χ3v) is 5.06. The summed E-state index contributed by atoms with van der Waals surface area (Å²) in [5.41, 5.74) is 1.48. The van der Waals surface area contributed by atoms with Crippen molar-refractivity contribution in [3.8, 4) is 5.75 Å². The standard InChI is InChI=1S/C21H26N6O3/c1-3-29-12-13-30-18-7-5-4-6-17(18)20(28)26-10-8-25(9-11-26)19-14-16(2)24-21-22-15-23-27(19)21/h4-7,14-15H,3,8-13H2,1-2H3. The number of hydrogen-bond acceptors (Lipinski definition) is 7. The highest BCUT2D eigenvalue weighted by Crippen LogP contribution is 2.22. The molecule has 1 fully saturated rings. The smallest absolute Gasteiger partial charge is 0.257 e. The number of ether oxygens (including phenoxy) is 2. The van der Waals surface area contributed by atoms with Crippen LogP contribution in [0.3, 0.4) is 0 Å². The molecule has 2 aromatic heterocycles. The molecule has 1 saturated heterocycles. The molecule has 1 aliphatic heterocycles. The fraction of sp³-hybridized carbons (Fsp3) is 0.429. The molecule has 3 heterocycles. The van der Waals surface area contributed by atoms with Crippen molar-refractivity contribution >= 4 is 17.5 Å². The number of benzene rings is 1. The largest absolute Gasteiger partial charge is 0.490 e. The van der Waals surface area contributed by atoms with E-state index in [9.17, 15) is 4.79 Å². The number of piperazine rings is 1. The lowest BCUT2D eigenvalue weighted by molar-refractivity contribution is 0.0736. The summed E-state index contributed by atoms with van der Waals surface area (Å²) in [6, 6.07) is 9.38. The second kappa shape index (κ2) is 9.08. The van der Waals surface area contributed by atoms with Gasteiger partial charge >= 0.3 is 0 Å². The number of rotatable bonds is 7. The Morgan fingerprint density at radius 2 is 1.93 bits per heavy atom. The van der Waals surface area contributed by atoms with Gasteiger partial charge in [0.1, 0.15) is 24.5 Å². The number of carbonyl (C=O) groups is 1. The third kappa shape index (κ3) is 4.20. The lowest BCUT2D eigenvalue weighted by atomic mass is 10.1. The summed E-state index contributed by atoms with van der Waals surface area (Å²) in [5, 5.41) is 4.28. The minimum atomic E-state index is -0.0153. The van der Waals surface area contributed by atoms with Gasteiger partial charge < -0.3 is 19.3 Å². The number of hydrogen-bond donors (Lipinski definition) is 0. The maximum Gasteiger partial charge on any atom is 0.257 e. The quantitative estimate of drug-likeness (QED) is 0.549. The molecule has 0 saturated carbocycles. The molecule has 0 unspecified atom stereocenters. The van der Waals surface area contributed by atoms with Gasteiger partial charge in [0.25, 0.3) is 11.7 Å². The fourth-order valence-corrected chi connectivity index (χ4v) is 3.57. The van der Waals surface area contributed by atoms with E-state index in [2.05, 4.69) is 20.0 Å². The van der Waals surface area contributed by atoms with Gasteiger partial charge in [-0.2, -0.15) is 14.6 Å². The summed E-state index contributed by atoms with van der Waals surface area (Å²) in [7, 11) is 0. The number of nitrogens with zero attached hydrogens (tertiary/aromatic N) is 6. The number of amides is 1. The van der Waals surface area contributed by atoms with Crippen LogP contribution >= 0.6 is 0 Å². The molecule has 0 atom stereocenters. The van der Waals surface area contributed by atoms with Crippen LogP contribution in [-0.4, -0.2) is 76.4 Å². The maximum absolute atomic E-state index is 13.1. The van der Waals surface area contributed by atoms with Crippen LogP contribution in [0.1, 0.15) is 23.0 Å². The van der Waals surface area contributed by atoms with Gasteiger partial charge in [-0.15, -0.1) is 0 Å². The van der Waals surface area contributed by atoms with Crippen LogP contribution in [0.2, 0.25) is 0 Å². The molecule has 1 aliphatic rings. The predicted octanol–water partition coefficient (Wildman–Crippen LogP) is 1.81. The molecule has 0 bridgehead atoms. The van der Waals surface area contributed by atoms with Crippen molar-refractivity contribution in [2.75, 3.05) is 50.9 Å². The van der Waals surface area contributed by atoms with E-state index in [1.165, 1.54) is 6.33 Å². The molecule has 0 N–H and O–H groups in total. The Morgan fingerprint density at radius 3 is 2.73 bits per heavy atom. The van der Waals surface area contributed by atoms with Crippen molar-refractivity contribution in [1.29, 1.82) is 0 Å². The van der Waals surface area contributed by atoms with Crippen LogP contribution in [0.25, 0.3) is 5.78 Å². The SMILES string of the molecule is CCOCCOc1ccccc1C(=O)N1CCN(c2cc(C)nc3ncnn23)CC1. The van der Waals surface area contributed by atoms with Crippen molar-refractivity contribution in [3.63, 3.8) is 0 Å². The van der Waals surface area contributed by atoms with Gasteiger partial charge in [-0.3, -0.25) is 4.79 Å². The number of aromatic nitrogens is 4. The molecular formula is C21H26N6O3. The summed E-state index contributed by atoms with van der Waals surface area (Å²) < 4.78 is 12.8. The van der Waals surface area contributed by atoms with Crippen LogP contribution < -0.4 is 9.64 Å². The van der Waals surface area contributed by atoms with Crippen LogP contribution in [0.4, 0.5) is 5.82 Å². The van der Waals surface area contributed by atoms with E-state index in [0.717, 1.165) is 11.5 Å². The average molecular weight is 410 g/mol. The molecule has 3 aromatic rings. The molecule has 158 valence electrons. The van der Waals surface area contributed by atoms with Crippen LogP contribution in [0.5, 0.6) is 5.75 Å². The molecule has 1 aromatic carbocycles. The second-order valence-electron chi connectivity index (χ2n) is 7.05. The zero-order chi connectivity index (χ0) is 20.9. The second-order valence-corrected chi connectivity index (χ2v) is 7.05. The van der Waals surface area contributed by atoms with Crippen molar-refractivity contribution in [2.45, 2.75) is 13.8 Å². The normalized spacial score (nSPS) is 14.3. The van der Waals surface area contributed by atoms with Gasteiger partial charge in [0.05, 0.1) is 12.2 Å². The first-order chi connectivity index (χ1) is 14.7. The molecule has 9 nitrogen and oxygen atoms in total. The van der Waals surface area contributed by atoms with E-state index in [0.29, 0.717) is 63.1 Å². The number of carbonyl (C=O) groups excluding carboxylic acids is 1. The van der Waals surface area contributed by atoms with E-state index in [4.69, 9.17) is 9.47 Å². The molecule has 9 heteroatoms. The minimum absolute atomic E-state index is 0.0153. The summed E-state index contributed by atoms with van der Waals surface area (Å²) >= 11 is 0. The van der Waals surface area contributed by atoms with Gasteiger partial charge in [0, 0.05) is 44.5 Å². The van der Waals surface area contributed by atoms with E-state index < -0.39 is 0 Å². The maximum atomic E-state index is 13.1. The average Bonchev–Trinajstić information content (AvgIpc) is 3.24. The van der Waals surface area contributed by atoms with Gasteiger partial charge in [0.2, 0.25) is 0 Å². The first kappa shape index (κ1) is 20.1. The Morgan fingerprint density at radius 1 is 1.13 bits per heavy atom. The number of anilines is 1. The van der Waals surface area contributed by atoms with E-state index in [1.807, 2.05) is 49.1 Å². The van der Waals surface area contributed by atoms with E-state index >= 15 is 0 Å². The lowest BCUT2D eigenvalue weighted by Gasteiger charge is -2.36. The molecule has 0 radical (unpaired) electrons. The topological polar surface area (TPSA) is 85.1 Å².